The molecule has 0 atom stereocenters. The van der Waals surface area contributed by atoms with Crippen LogP contribution in [-0.2, 0) is 20.0 Å². The molecule has 0 aliphatic carbocycles. The van der Waals surface area contributed by atoms with Gasteiger partial charge in [0.2, 0.25) is 0 Å². The summed E-state index contributed by atoms with van der Waals surface area (Å²) < 4.78 is 6.78. The van der Waals surface area contributed by atoms with Crippen LogP contribution in [0.3, 0.4) is 0 Å². The zero-order valence-corrected chi connectivity index (χ0v) is 12.1. The molecule has 3 aromatic rings. The second-order valence-corrected chi connectivity index (χ2v) is 4.86. The van der Waals surface area contributed by atoms with E-state index < -0.39 is 0 Å². The summed E-state index contributed by atoms with van der Waals surface area (Å²) in [5, 5.41) is 10.6. The van der Waals surface area contributed by atoms with Gasteiger partial charge in [-0.25, -0.2) is 4.98 Å². The molecule has 0 aliphatic rings. The van der Waals surface area contributed by atoms with Crippen LogP contribution >= 0.6 is 0 Å². The Kier molecular flexibility index (Phi) is 3.95. The molecule has 2 aromatic heterocycles. The molecule has 0 radical (unpaired) electrons. The van der Waals surface area contributed by atoms with Gasteiger partial charge in [-0.3, -0.25) is 9.48 Å². The van der Waals surface area contributed by atoms with E-state index in [1.165, 1.54) is 0 Å². The zero-order chi connectivity index (χ0) is 15.4. The molecule has 1 amide bonds. The van der Waals surface area contributed by atoms with Crippen LogP contribution in [0, 0.1) is 0 Å². The van der Waals surface area contributed by atoms with Crippen molar-refractivity contribution in [2.24, 2.45) is 7.05 Å². The quantitative estimate of drug-likeness (QED) is 0.767. The number of aryl methyl sites for hydroxylation is 1. The van der Waals surface area contributed by atoms with Crippen molar-refractivity contribution < 1.29 is 9.32 Å². The number of amides is 1. The summed E-state index contributed by atoms with van der Waals surface area (Å²) in [6, 6.07) is 11.5. The summed E-state index contributed by atoms with van der Waals surface area (Å²) >= 11 is 0. The van der Waals surface area contributed by atoms with Crippen LogP contribution in [0.15, 0.2) is 47.2 Å². The Morgan fingerprint density at radius 2 is 2.14 bits per heavy atom. The second-order valence-electron chi connectivity index (χ2n) is 4.86. The van der Waals surface area contributed by atoms with Crippen molar-refractivity contribution in [3.05, 3.63) is 65.6 Å². The molecule has 1 aromatic carbocycles. The second kappa shape index (κ2) is 6.21. The van der Waals surface area contributed by atoms with Gasteiger partial charge < -0.3 is 9.84 Å². The highest BCUT2D eigenvalue weighted by Crippen LogP contribution is 2.10. The van der Waals surface area contributed by atoms with Crippen LogP contribution in [-0.4, -0.2) is 25.8 Å². The summed E-state index contributed by atoms with van der Waals surface area (Å²) in [5.74, 6) is 0.881. The van der Waals surface area contributed by atoms with E-state index in [1.54, 1.807) is 24.1 Å². The van der Waals surface area contributed by atoms with Crippen LogP contribution < -0.4 is 5.32 Å². The number of aromatic nitrogens is 4. The Hall–Kier alpha value is -2.96. The number of hydrogen-bond donors (Lipinski definition) is 1. The van der Waals surface area contributed by atoms with Crippen molar-refractivity contribution in [1.82, 2.24) is 25.2 Å². The van der Waals surface area contributed by atoms with Crippen molar-refractivity contribution in [3.63, 3.8) is 0 Å². The summed E-state index contributed by atoms with van der Waals surface area (Å²) in [6.07, 6.45) is 2.18. The van der Waals surface area contributed by atoms with E-state index in [0.29, 0.717) is 18.0 Å². The highest BCUT2D eigenvalue weighted by Gasteiger charge is 2.13. The van der Waals surface area contributed by atoms with E-state index in [1.807, 2.05) is 30.3 Å². The van der Waals surface area contributed by atoms with Crippen LogP contribution in [0.5, 0.6) is 0 Å². The predicted octanol–water partition coefficient (Wildman–Crippen LogP) is 1.32. The fourth-order valence-corrected chi connectivity index (χ4v) is 2.02. The number of hydrogen-bond acceptors (Lipinski definition) is 5. The summed E-state index contributed by atoms with van der Waals surface area (Å²) in [6.45, 7) is 0.251. The monoisotopic (exact) mass is 297 g/mol. The van der Waals surface area contributed by atoms with Crippen molar-refractivity contribution in [2.45, 2.75) is 13.0 Å². The first-order valence-corrected chi connectivity index (χ1v) is 6.83. The molecule has 2 heterocycles. The standard InChI is InChI=1S/C15H15N5O2/c1-20-10-17-14(18-20)9-16-15(21)13-8-12(22-19-13)7-11-5-3-2-4-6-11/h2-6,8,10H,7,9H2,1H3,(H,16,21). The third kappa shape index (κ3) is 3.38. The van der Waals surface area contributed by atoms with Crippen LogP contribution in [0.25, 0.3) is 0 Å². The average molecular weight is 297 g/mol. The Balaban J connectivity index is 1.59. The molecule has 0 saturated carbocycles. The SMILES string of the molecule is Cn1cnc(CNC(=O)c2cc(Cc3ccccc3)on2)n1. The summed E-state index contributed by atoms with van der Waals surface area (Å²) in [5.41, 5.74) is 1.35. The first kappa shape index (κ1) is 14.0. The van der Waals surface area contributed by atoms with Crippen molar-refractivity contribution in [3.8, 4) is 0 Å². The molecule has 0 unspecified atom stereocenters. The van der Waals surface area contributed by atoms with Crippen molar-refractivity contribution in [2.75, 3.05) is 0 Å². The molecule has 3 rings (SSSR count). The third-order valence-electron chi connectivity index (χ3n) is 3.07. The Morgan fingerprint density at radius 1 is 1.32 bits per heavy atom. The minimum absolute atomic E-state index is 0.251. The Labute approximate surface area is 127 Å². The Bertz CT molecular complexity index is 763. The van der Waals surface area contributed by atoms with E-state index in [0.717, 1.165) is 5.56 Å². The molecule has 22 heavy (non-hydrogen) atoms. The Morgan fingerprint density at radius 3 is 2.86 bits per heavy atom. The van der Waals surface area contributed by atoms with Gasteiger partial charge in [0.25, 0.3) is 5.91 Å². The van der Waals surface area contributed by atoms with E-state index in [4.69, 9.17) is 4.52 Å². The van der Waals surface area contributed by atoms with Gasteiger partial charge >= 0.3 is 0 Å². The molecule has 7 nitrogen and oxygen atoms in total. The molecule has 112 valence electrons. The van der Waals surface area contributed by atoms with Gasteiger partial charge in [-0.05, 0) is 5.56 Å². The number of carbonyl (C=O) groups excluding carboxylic acids is 1. The predicted molar refractivity (Wildman–Crippen MR) is 77.9 cm³/mol. The molecule has 0 aliphatic heterocycles. The van der Waals surface area contributed by atoms with Gasteiger partial charge in [0.1, 0.15) is 12.1 Å². The van der Waals surface area contributed by atoms with E-state index in [9.17, 15) is 4.79 Å². The van der Waals surface area contributed by atoms with Crippen LogP contribution in [0.1, 0.15) is 27.6 Å². The fourth-order valence-electron chi connectivity index (χ4n) is 2.02. The largest absolute Gasteiger partial charge is 0.360 e. The van der Waals surface area contributed by atoms with Crippen LogP contribution in [0.4, 0.5) is 0 Å². The highest BCUT2D eigenvalue weighted by molar-refractivity contribution is 5.92. The smallest absolute Gasteiger partial charge is 0.273 e. The first-order chi connectivity index (χ1) is 10.7. The topological polar surface area (TPSA) is 85.8 Å². The third-order valence-corrected chi connectivity index (χ3v) is 3.07. The molecule has 0 fully saturated rings. The number of nitrogens with zero attached hydrogens (tertiary/aromatic N) is 4. The maximum absolute atomic E-state index is 12.0. The molecule has 0 saturated heterocycles. The average Bonchev–Trinajstić information content (AvgIpc) is 3.15. The van der Waals surface area contributed by atoms with Crippen LogP contribution in [0.2, 0.25) is 0 Å². The van der Waals surface area contributed by atoms with E-state index >= 15 is 0 Å². The van der Waals surface area contributed by atoms with Gasteiger partial charge in [-0.1, -0.05) is 35.5 Å². The molecule has 0 spiro atoms. The fraction of sp³-hybridized carbons (Fsp3) is 0.200. The van der Waals surface area contributed by atoms with Gasteiger partial charge in [0.05, 0.1) is 6.54 Å². The number of benzene rings is 1. The lowest BCUT2D eigenvalue weighted by Crippen LogP contribution is -2.23. The molecular weight excluding hydrogens is 282 g/mol. The minimum atomic E-state index is -0.310. The van der Waals surface area contributed by atoms with Gasteiger partial charge in [0.15, 0.2) is 11.5 Å². The minimum Gasteiger partial charge on any atom is -0.360 e. The maximum atomic E-state index is 12.0. The lowest BCUT2D eigenvalue weighted by atomic mass is 10.1. The molecule has 1 N–H and O–H groups in total. The van der Waals surface area contributed by atoms with Gasteiger partial charge in [-0.15, -0.1) is 0 Å². The van der Waals surface area contributed by atoms with Crippen molar-refractivity contribution in [1.29, 1.82) is 0 Å². The first-order valence-electron chi connectivity index (χ1n) is 6.83. The number of nitrogens with one attached hydrogen (secondary N) is 1. The number of carbonyl (C=O) groups is 1. The zero-order valence-electron chi connectivity index (χ0n) is 12.1. The lowest BCUT2D eigenvalue weighted by molar-refractivity contribution is 0.0940. The van der Waals surface area contributed by atoms with Gasteiger partial charge in [-0.2, -0.15) is 5.10 Å². The van der Waals surface area contributed by atoms with Crippen molar-refractivity contribution >= 4 is 5.91 Å². The molecule has 7 heteroatoms. The van der Waals surface area contributed by atoms with E-state index in [2.05, 4.69) is 20.6 Å². The number of rotatable bonds is 5. The summed E-state index contributed by atoms with van der Waals surface area (Å²) in [4.78, 5) is 16.0. The maximum Gasteiger partial charge on any atom is 0.273 e. The van der Waals surface area contributed by atoms with Gasteiger partial charge in [0, 0.05) is 19.5 Å². The molecule has 0 bridgehead atoms. The lowest BCUT2D eigenvalue weighted by Gasteiger charge is -1.98. The normalized spacial score (nSPS) is 10.6. The molecular formula is C15H15N5O2. The van der Waals surface area contributed by atoms with E-state index in [-0.39, 0.29) is 18.1 Å². The highest BCUT2D eigenvalue weighted by atomic mass is 16.5. The summed E-state index contributed by atoms with van der Waals surface area (Å²) in [7, 11) is 1.77.